The van der Waals surface area contributed by atoms with E-state index < -0.39 is 9.75 Å². The Balaban J connectivity index is 1.47. The molecule has 1 aliphatic carbocycles. The molecule has 178 valence electrons. The number of rotatable bonds is 4. The van der Waals surface area contributed by atoms with Crippen LogP contribution < -0.4 is 5.32 Å². The first-order valence-corrected chi connectivity index (χ1v) is 12.7. The number of aryl methyl sites for hydroxylation is 1. The second kappa shape index (κ2) is 8.47. The lowest BCUT2D eigenvalue weighted by Gasteiger charge is -2.34. The van der Waals surface area contributed by atoms with E-state index in [1.807, 2.05) is 30.9 Å². The summed E-state index contributed by atoms with van der Waals surface area (Å²) in [4.78, 5) is 32.6. The van der Waals surface area contributed by atoms with Crippen molar-refractivity contribution in [2.45, 2.75) is 69.5 Å². The van der Waals surface area contributed by atoms with Crippen molar-refractivity contribution in [3.8, 4) is 0 Å². The minimum Gasteiger partial charge on any atom is -0.342 e. The first kappa shape index (κ1) is 24.4. The zero-order valence-electron chi connectivity index (χ0n) is 19.5. The molecule has 1 aliphatic heterocycles. The lowest BCUT2D eigenvalue weighted by molar-refractivity contribution is -0.137. The van der Waals surface area contributed by atoms with Gasteiger partial charge in [0.25, 0.3) is 5.91 Å². The number of halogens is 2. The number of aromatic nitrogens is 3. The largest absolute Gasteiger partial charge is 0.342 e. The van der Waals surface area contributed by atoms with E-state index in [2.05, 4.69) is 36.3 Å². The summed E-state index contributed by atoms with van der Waals surface area (Å²) in [6.07, 6.45) is 1.93. The van der Waals surface area contributed by atoms with Gasteiger partial charge in [-0.2, -0.15) is 0 Å². The lowest BCUT2D eigenvalue weighted by atomic mass is 9.89. The van der Waals surface area contributed by atoms with Gasteiger partial charge in [-0.3, -0.25) is 19.9 Å². The van der Waals surface area contributed by atoms with Crippen LogP contribution in [0.15, 0.2) is 12.1 Å². The van der Waals surface area contributed by atoms with Gasteiger partial charge in [-0.05, 0) is 45.2 Å². The van der Waals surface area contributed by atoms with E-state index in [9.17, 15) is 9.59 Å². The number of pyridine rings is 1. The molecule has 0 bridgehead atoms. The summed E-state index contributed by atoms with van der Waals surface area (Å²) in [7, 11) is 0. The summed E-state index contributed by atoms with van der Waals surface area (Å²) in [5, 5.41) is 12.5. The van der Waals surface area contributed by atoms with Crippen LogP contribution in [0.4, 0.5) is 5.13 Å². The first-order valence-electron chi connectivity index (χ1n) is 11.1. The molecule has 2 aliphatic rings. The highest BCUT2D eigenvalue weighted by Crippen LogP contribution is 2.64. The molecule has 0 radical (unpaired) electrons. The van der Waals surface area contributed by atoms with E-state index in [1.165, 1.54) is 11.3 Å². The van der Waals surface area contributed by atoms with Crippen LogP contribution in [0.3, 0.4) is 0 Å². The fourth-order valence-electron chi connectivity index (χ4n) is 4.16. The Morgan fingerprint density at radius 1 is 1.18 bits per heavy atom. The van der Waals surface area contributed by atoms with E-state index in [1.54, 1.807) is 0 Å². The van der Waals surface area contributed by atoms with Crippen molar-refractivity contribution in [3.63, 3.8) is 0 Å². The van der Waals surface area contributed by atoms with Crippen molar-refractivity contribution in [1.82, 2.24) is 20.1 Å². The van der Waals surface area contributed by atoms with Gasteiger partial charge in [0.1, 0.15) is 9.34 Å². The lowest BCUT2D eigenvalue weighted by Crippen LogP contribution is -2.43. The third-order valence-corrected chi connectivity index (χ3v) is 8.86. The van der Waals surface area contributed by atoms with Gasteiger partial charge in [-0.15, -0.1) is 33.4 Å². The highest BCUT2D eigenvalue weighted by Gasteiger charge is 2.68. The maximum Gasteiger partial charge on any atom is 0.259 e. The topological polar surface area (TPSA) is 88.1 Å². The quantitative estimate of drug-likeness (QED) is 0.580. The summed E-state index contributed by atoms with van der Waals surface area (Å²) in [5.74, 6) is -0.155. The number of piperidine rings is 1. The number of anilines is 1. The molecule has 1 unspecified atom stereocenters. The second-order valence-electron chi connectivity index (χ2n) is 10.3. The molecule has 2 aromatic rings. The van der Waals surface area contributed by atoms with Crippen LogP contribution in [-0.2, 0) is 10.2 Å². The molecule has 33 heavy (non-hydrogen) atoms. The number of alkyl halides is 2. The number of hydrogen-bond donors (Lipinski definition) is 1. The Bertz CT molecular complexity index is 1090. The van der Waals surface area contributed by atoms with Crippen LogP contribution in [0, 0.1) is 12.3 Å². The molecule has 0 spiro atoms. The molecule has 1 saturated carbocycles. The molecular formula is C23H29Cl2N5O2S. The van der Waals surface area contributed by atoms with Gasteiger partial charge in [0.05, 0.1) is 16.7 Å². The van der Waals surface area contributed by atoms with Crippen molar-refractivity contribution in [2.24, 2.45) is 5.41 Å². The van der Waals surface area contributed by atoms with E-state index >= 15 is 0 Å². The van der Waals surface area contributed by atoms with Gasteiger partial charge in [0.2, 0.25) is 11.0 Å². The molecule has 1 saturated heterocycles. The van der Waals surface area contributed by atoms with Gasteiger partial charge in [-0.25, -0.2) is 0 Å². The Morgan fingerprint density at radius 2 is 1.82 bits per heavy atom. The predicted octanol–water partition coefficient (Wildman–Crippen LogP) is 5.08. The maximum absolute atomic E-state index is 13.1. The smallest absolute Gasteiger partial charge is 0.259 e. The van der Waals surface area contributed by atoms with Gasteiger partial charge in [0.15, 0.2) is 0 Å². The van der Waals surface area contributed by atoms with Crippen LogP contribution in [0.2, 0.25) is 0 Å². The first-order chi connectivity index (χ1) is 15.3. The number of amides is 2. The average molecular weight is 510 g/mol. The fraction of sp³-hybridized carbons (Fsp3) is 0.609. The monoisotopic (exact) mass is 509 g/mol. The van der Waals surface area contributed by atoms with Crippen LogP contribution in [0.25, 0.3) is 0 Å². The average Bonchev–Trinajstić information content (AvgIpc) is 3.05. The molecule has 10 heteroatoms. The Labute approximate surface area is 208 Å². The van der Waals surface area contributed by atoms with Crippen molar-refractivity contribution < 1.29 is 9.59 Å². The van der Waals surface area contributed by atoms with E-state index in [0.717, 1.165) is 29.2 Å². The molecule has 7 nitrogen and oxygen atoms in total. The van der Waals surface area contributed by atoms with Crippen molar-refractivity contribution in [3.05, 3.63) is 34.1 Å². The molecule has 4 rings (SSSR count). The molecule has 2 fully saturated rings. The van der Waals surface area contributed by atoms with Gasteiger partial charge in [0, 0.05) is 30.1 Å². The minimum absolute atomic E-state index is 0.00652. The van der Waals surface area contributed by atoms with Crippen molar-refractivity contribution in [2.75, 3.05) is 18.4 Å². The fourth-order valence-corrected chi connectivity index (χ4v) is 5.65. The summed E-state index contributed by atoms with van der Waals surface area (Å²) in [6, 6.07) is 3.66. The normalized spacial score (nSPS) is 22.8. The summed E-state index contributed by atoms with van der Waals surface area (Å²) in [5.41, 5.74) is 1.32. The summed E-state index contributed by atoms with van der Waals surface area (Å²) in [6.45, 7) is 11.1. The van der Waals surface area contributed by atoms with Crippen LogP contribution in [-0.4, -0.2) is 49.3 Å². The van der Waals surface area contributed by atoms with Gasteiger partial charge >= 0.3 is 0 Å². The summed E-state index contributed by atoms with van der Waals surface area (Å²) >= 11 is 13.8. The molecule has 2 amide bonds. The third-order valence-electron chi connectivity index (χ3n) is 6.49. The van der Waals surface area contributed by atoms with Crippen LogP contribution >= 0.6 is 34.5 Å². The number of carbonyl (C=O) groups excluding carboxylic acids is 2. The standard InChI is InChI=1S/C23H29Cl2N5O2S/c1-13-6-7-15(17(31)27-20-29-28-18(33-20)21(2,3)4)16(26-13)14-8-10-30(11-9-14)19(32)22(5)12-23(22,24)25/h6-7,14H,8-12H2,1-5H3,(H,27,29,31). The highest BCUT2D eigenvalue weighted by atomic mass is 35.5. The molecule has 1 atom stereocenters. The predicted molar refractivity (Wildman–Crippen MR) is 131 cm³/mol. The SMILES string of the molecule is Cc1ccc(C(=O)Nc2nnc(C(C)(C)C)s2)c(C2CCN(C(=O)C3(C)CC3(Cl)Cl)CC2)n1. The zero-order valence-corrected chi connectivity index (χ0v) is 21.9. The molecule has 2 aromatic heterocycles. The number of hydrogen-bond acceptors (Lipinski definition) is 6. The Kier molecular flexibility index (Phi) is 6.25. The second-order valence-corrected chi connectivity index (χ2v) is 12.7. The van der Waals surface area contributed by atoms with E-state index in [0.29, 0.717) is 30.2 Å². The summed E-state index contributed by atoms with van der Waals surface area (Å²) < 4.78 is -0.970. The molecule has 1 N–H and O–H groups in total. The molecule has 0 aromatic carbocycles. The van der Waals surface area contributed by atoms with Gasteiger partial charge < -0.3 is 4.90 Å². The maximum atomic E-state index is 13.1. The van der Waals surface area contributed by atoms with Crippen molar-refractivity contribution in [1.29, 1.82) is 0 Å². The number of nitrogens with zero attached hydrogens (tertiary/aromatic N) is 4. The third kappa shape index (κ3) is 4.75. The zero-order chi connectivity index (χ0) is 24.2. The number of likely N-dealkylation sites (tertiary alicyclic amines) is 1. The van der Waals surface area contributed by atoms with Crippen LogP contribution in [0.1, 0.15) is 79.6 Å². The number of carbonyl (C=O) groups is 2. The molecule has 3 heterocycles. The highest BCUT2D eigenvalue weighted by molar-refractivity contribution is 7.15. The molecular weight excluding hydrogens is 481 g/mol. The number of nitrogens with one attached hydrogen (secondary N) is 1. The van der Waals surface area contributed by atoms with Gasteiger partial charge in [-0.1, -0.05) is 32.1 Å². The van der Waals surface area contributed by atoms with Crippen LogP contribution in [0.5, 0.6) is 0 Å². The Morgan fingerprint density at radius 3 is 2.36 bits per heavy atom. The van der Waals surface area contributed by atoms with E-state index in [-0.39, 0.29) is 23.1 Å². The van der Waals surface area contributed by atoms with Crippen molar-refractivity contribution >= 4 is 51.5 Å². The minimum atomic E-state index is -0.970. The van der Waals surface area contributed by atoms with E-state index in [4.69, 9.17) is 28.2 Å². The Hall–Kier alpha value is -1.77.